The number of fused-ring (bicyclic) bond motifs is 1. The molecule has 0 bridgehead atoms. The van der Waals surface area contributed by atoms with Crippen molar-refractivity contribution in [3.8, 4) is 5.75 Å². The Balaban J connectivity index is 1.65. The summed E-state index contributed by atoms with van der Waals surface area (Å²) in [6, 6.07) is 13.4. The van der Waals surface area contributed by atoms with Crippen LogP contribution >= 0.6 is 11.3 Å². The first-order chi connectivity index (χ1) is 11.1. The number of para-hydroxylation sites is 1. The molecule has 3 rings (SSSR count). The van der Waals surface area contributed by atoms with Gasteiger partial charge in [-0.3, -0.25) is 4.79 Å². The fourth-order valence-electron chi connectivity index (χ4n) is 2.01. The van der Waals surface area contributed by atoms with Crippen LogP contribution in [0.1, 0.15) is 0 Å². The lowest BCUT2D eigenvalue weighted by Gasteiger charge is -2.04. The maximum atomic E-state index is 12.8. The highest BCUT2D eigenvalue weighted by Gasteiger charge is 2.04. The van der Waals surface area contributed by atoms with Gasteiger partial charge in [0, 0.05) is 7.05 Å². The van der Waals surface area contributed by atoms with E-state index in [2.05, 4.69) is 10.5 Å². The summed E-state index contributed by atoms with van der Waals surface area (Å²) in [4.78, 5) is 12.5. The minimum absolute atomic E-state index is 0.191. The highest BCUT2D eigenvalue weighted by atomic mass is 32.1. The van der Waals surface area contributed by atoms with Gasteiger partial charge < -0.3 is 9.30 Å². The fourth-order valence-corrected chi connectivity index (χ4v) is 2.99. The third-order valence-corrected chi connectivity index (χ3v) is 4.29. The van der Waals surface area contributed by atoms with Gasteiger partial charge in [-0.25, -0.2) is 9.82 Å². The molecule has 1 amide bonds. The van der Waals surface area contributed by atoms with Crippen LogP contribution in [0.15, 0.2) is 53.6 Å². The second-order valence-electron chi connectivity index (χ2n) is 4.80. The normalized spacial score (nSPS) is 11.7. The first kappa shape index (κ1) is 15.2. The quantitative estimate of drug-likeness (QED) is 0.746. The molecule has 3 aromatic rings. The van der Waals surface area contributed by atoms with E-state index in [-0.39, 0.29) is 18.3 Å². The molecule has 0 spiro atoms. The Morgan fingerprint density at radius 1 is 1.26 bits per heavy atom. The maximum Gasteiger partial charge on any atom is 0.278 e. The van der Waals surface area contributed by atoms with Crippen LogP contribution in [0.3, 0.4) is 0 Å². The van der Waals surface area contributed by atoms with E-state index in [9.17, 15) is 9.18 Å². The number of amides is 1. The second kappa shape index (κ2) is 6.62. The average Bonchev–Trinajstić information content (AvgIpc) is 2.89. The lowest BCUT2D eigenvalue weighted by Crippen LogP contribution is -2.27. The molecule has 0 aliphatic carbocycles. The van der Waals surface area contributed by atoms with Gasteiger partial charge in [-0.2, -0.15) is 0 Å². The topological polar surface area (TPSA) is 55.6 Å². The summed E-state index contributed by atoms with van der Waals surface area (Å²) in [6.45, 7) is -0.191. The molecule has 0 fully saturated rings. The van der Waals surface area contributed by atoms with Crippen LogP contribution in [0.25, 0.3) is 10.2 Å². The molecule has 0 aliphatic heterocycles. The summed E-state index contributed by atoms with van der Waals surface area (Å²) in [5.41, 5.74) is 3.51. The van der Waals surface area contributed by atoms with Crippen molar-refractivity contribution >= 4 is 27.5 Å². The number of nitrogens with one attached hydrogen (secondary N) is 1. The Hall–Kier alpha value is -2.67. The molecule has 1 aromatic heterocycles. The summed E-state index contributed by atoms with van der Waals surface area (Å²) >= 11 is 1.48. The van der Waals surface area contributed by atoms with Gasteiger partial charge in [-0.05, 0) is 36.4 Å². The molecule has 7 heteroatoms. The lowest BCUT2D eigenvalue weighted by molar-refractivity contribution is -0.123. The van der Waals surface area contributed by atoms with Gasteiger partial charge in [0.15, 0.2) is 6.61 Å². The molecule has 0 unspecified atom stereocenters. The number of halogens is 1. The molecular weight excluding hydrogens is 317 g/mol. The van der Waals surface area contributed by atoms with Crippen molar-refractivity contribution in [2.75, 3.05) is 6.61 Å². The largest absolute Gasteiger partial charge is 0.484 e. The Morgan fingerprint density at radius 2 is 2.00 bits per heavy atom. The molecule has 2 aromatic carbocycles. The van der Waals surface area contributed by atoms with Gasteiger partial charge in [-0.1, -0.05) is 23.5 Å². The minimum Gasteiger partial charge on any atom is -0.484 e. The minimum atomic E-state index is -0.383. The molecule has 0 saturated carbocycles. The van der Waals surface area contributed by atoms with E-state index in [1.54, 1.807) is 0 Å². The van der Waals surface area contributed by atoms with Crippen LogP contribution in [-0.4, -0.2) is 17.1 Å². The van der Waals surface area contributed by atoms with E-state index in [0.717, 1.165) is 10.2 Å². The summed E-state index contributed by atoms with van der Waals surface area (Å²) < 4.78 is 21.0. The van der Waals surface area contributed by atoms with Crippen molar-refractivity contribution in [1.29, 1.82) is 0 Å². The van der Waals surface area contributed by atoms with Crippen molar-refractivity contribution < 1.29 is 13.9 Å². The monoisotopic (exact) mass is 331 g/mol. The number of benzene rings is 2. The molecule has 0 aliphatic rings. The smallest absolute Gasteiger partial charge is 0.278 e. The van der Waals surface area contributed by atoms with E-state index < -0.39 is 0 Å². The number of thiazole rings is 1. The number of rotatable bonds is 4. The van der Waals surface area contributed by atoms with Crippen LogP contribution in [0, 0.1) is 5.82 Å². The molecule has 1 heterocycles. The van der Waals surface area contributed by atoms with Crippen LogP contribution in [0.5, 0.6) is 5.75 Å². The first-order valence-electron chi connectivity index (χ1n) is 6.89. The summed E-state index contributed by atoms with van der Waals surface area (Å²) in [7, 11) is 1.89. The van der Waals surface area contributed by atoms with E-state index in [1.807, 2.05) is 35.9 Å². The van der Waals surface area contributed by atoms with E-state index in [4.69, 9.17) is 4.74 Å². The number of hydrogen-bond donors (Lipinski definition) is 1. The maximum absolute atomic E-state index is 12.8. The Morgan fingerprint density at radius 3 is 2.74 bits per heavy atom. The van der Waals surface area contributed by atoms with Gasteiger partial charge in [0.25, 0.3) is 5.91 Å². The third kappa shape index (κ3) is 3.57. The SMILES string of the molecule is Cn1/c(=N/NC(=O)COc2ccc(F)cc2)sc2ccccc21. The predicted octanol–water partition coefficient (Wildman–Crippen LogP) is 2.39. The fraction of sp³-hybridized carbons (Fsp3) is 0.125. The Bertz CT molecular complexity index is 900. The van der Waals surface area contributed by atoms with Crippen LogP contribution in [0.2, 0.25) is 0 Å². The van der Waals surface area contributed by atoms with E-state index in [0.29, 0.717) is 10.6 Å². The molecule has 23 heavy (non-hydrogen) atoms. The summed E-state index contributed by atoms with van der Waals surface area (Å²) in [5, 5.41) is 4.11. The Labute approximate surface area is 135 Å². The number of aromatic nitrogens is 1. The van der Waals surface area contributed by atoms with Gasteiger partial charge in [-0.15, -0.1) is 5.10 Å². The molecule has 0 atom stereocenters. The molecule has 0 saturated heterocycles. The van der Waals surface area contributed by atoms with Gasteiger partial charge in [0.1, 0.15) is 11.6 Å². The number of hydrogen-bond acceptors (Lipinski definition) is 4. The highest BCUT2D eigenvalue weighted by Crippen LogP contribution is 2.15. The number of carbonyl (C=O) groups is 1. The first-order valence-corrected chi connectivity index (χ1v) is 7.70. The van der Waals surface area contributed by atoms with Crippen molar-refractivity contribution in [3.63, 3.8) is 0 Å². The summed E-state index contributed by atoms with van der Waals surface area (Å²) in [5.74, 6) is -0.310. The zero-order valence-corrected chi connectivity index (χ0v) is 13.1. The van der Waals surface area contributed by atoms with Crippen molar-refractivity contribution in [2.24, 2.45) is 12.1 Å². The van der Waals surface area contributed by atoms with Gasteiger partial charge in [0.2, 0.25) is 4.80 Å². The molecule has 118 valence electrons. The number of nitrogens with zero attached hydrogens (tertiary/aromatic N) is 2. The zero-order chi connectivity index (χ0) is 16.2. The third-order valence-electron chi connectivity index (χ3n) is 3.17. The van der Waals surface area contributed by atoms with E-state index in [1.165, 1.54) is 35.6 Å². The number of ether oxygens (including phenoxy) is 1. The van der Waals surface area contributed by atoms with Crippen LogP contribution < -0.4 is 15.0 Å². The number of aryl methyl sites for hydroxylation is 1. The lowest BCUT2D eigenvalue weighted by atomic mass is 10.3. The number of carbonyl (C=O) groups excluding carboxylic acids is 1. The van der Waals surface area contributed by atoms with Crippen LogP contribution in [0.4, 0.5) is 4.39 Å². The highest BCUT2D eigenvalue weighted by molar-refractivity contribution is 7.16. The van der Waals surface area contributed by atoms with Crippen molar-refractivity contribution in [2.45, 2.75) is 0 Å². The molecule has 1 N–H and O–H groups in total. The van der Waals surface area contributed by atoms with Gasteiger partial charge in [0.05, 0.1) is 10.2 Å². The average molecular weight is 331 g/mol. The van der Waals surface area contributed by atoms with E-state index >= 15 is 0 Å². The molecule has 5 nitrogen and oxygen atoms in total. The van der Waals surface area contributed by atoms with Crippen molar-refractivity contribution in [3.05, 3.63) is 59.1 Å². The standard InChI is InChI=1S/C16H14FN3O2S/c1-20-13-4-2-3-5-14(13)23-16(20)19-18-15(21)10-22-12-8-6-11(17)7-9-12/h2-9H,10H2,1H3,(H,18,21)/b19-16-. The van der Waals surface area contributed by atoms with Crippen molar-refractivity contribution in [1.82, 2.24) is 9.99 Å². The van der Waals surface area contributed by atoms with Crippen LogP contribution in [-0.2, 0) is 11.8 Å². The summed E-state index contributed by atoms with van der Waals surface area (Å²) in [6.07, 6.45) is 0. The molecule has 0 radical (unpaired) electrons. The molecular formula is C16H14FN3O2S. The Kier molecular flexibility index (Phi) is 4.38. The zero-order valence-electron chi connectivity index (χ0n) is 12.3. The predicted molar refractivity (Wildman–Crippen MR) is 86.4 cm³/mol. The second-order valence-corrected chi connectivity index (χ2v) is 5.81. The van der Waals surface area contributed by atoms with Gasteiger partial charge >= 0.3 is 0 Å².